The van der Waals surface area contributed by atoms with Crippen LogP contribution in [0.5, 0.6) is 11.5 Å². The van der Waals surface area contributed by atoms with Crippen LogP contribution in [0.2, 0.25) is 0 Å². The highest BCUT2D eigenvalue weighted by molar-refractivity contribution is 6.21. The first kappa shape index (κ1) is 23.8. The number of nitrogens with zero attached hydrogens (tertiary/aromatic N) is 1. The maximum Gasteiger partial charge on any atom is 0.308 e. The van der Waals surface area contributed by atoms with Crippen LogP contribution in [-0.2, 0) is 14.3 Å². The van der Waals surface area contributed by atoms with Crippen molar-refractivity contribution in [1.29, 1.82) is 0 Å². The Bertz CT molecular complexity index is 1030. The number of carbonyl (C=O) groups is 4. The summed E-state index contributed by atoms with van der Waals surface area (Å²) in [6, 6.07) is 12.1. The SMILES string of the molecule is CCOc1ccc(OCCNC(=O)COC(=O)CCN2C(=O)c3ccc(C)cc3C2=O)cc1. The molecule has 3 rings (SSSR count). The topological polar surface area (TPSA) is 111 Å². The number of hydrogen-bond donors (Lipinski definition) is 1. The average molecular weight is 454 g/mol. The lowest BCUT2D eigenvalue weighted by molar-refractivity contribution is -0.148. The fraction of sp³-hybridized carbons (Fsp3) is 0.333. The first-order valence-corrected chi connectivity index (χ1v) is 10.6. The molecule has 9 heteroatoms. The third-order valence-electron chi connectivity index (χ3n) is 4.86. The minimum absolute atomic E-state index is 0.109. The molecule has 0 fully saturated rings. The summed E-state index contributed by atoms with van der Waals surface area (Å²) in [4.78, 5) is 49.6. The summed E-state index contributed by atoms with van der Waals surface area (Å²) in [6.07, 6.45) is -0.196. The van der Waals surface area contributed by atoms with E-state index in [0.717, 1.165) is 16.2 Å². The zero-order valence-electron chi connectivity index (χ0n) is 18.6. The van der Waals surface area contributed by atoms with Gasteiger partial charge in [-0.25, -0.2) is 0 Å². The molecule has 0 spiro atoms. The number of rotatable bonds is 11. The number of amides is 3. The van der Waals surface area contributed by atoms with Gasteiger partial charge in [-0.1, -0.05) is 11.6 Å². The largest absolute Gasteiger partial charge is 0.494 e. The molecule has 0 radical (unpaired) electrons. The summed E-state index contributed by atoms with van der Waals surface area (Å²) in [5, 5.41) is 2.58. The molecule has 0 bridgehead atoms. The monoisotopic (exact) mass is 454 g/mol. The molecule has 2 aromatic carbocycles. The lowest BCUT2D eigenvalue weighted by Gasteiger charge is -2.13. The summed E-state index contributed by atoms with van der Waals surface area (Å²) in [5.74, 6) is -0.635. The fourth-order valence-corrected chi connectivity index (χ4v) is 3.24. The lowest BCUT2D eigenvalue weighted by atomic mass is 10.1. The second-order valence-electron chi connectivity index (χ2n) is 7.32. The van der Waals surface area contributed by atoms with Gasteiger partial charge in [0.1, 0.15) is 18.1 Å². The van der Waals surface area contributed by atoms with E-state index in [1.165, 1.54) is 0 Å². The Morgan fingerprint density at radius 3 is 2.30 bits per heavy atom. The first-order valence-electron chi connectivity index (χ1n) is 10.6. The van der Waals surface area contributed by atoms with Gasteiger partial charge in [0.2, 0.25) is 0 Å². The van der Waals surface area contributed by atoms with Gasteiger partial charge in [-0.3, -0.25) is 24.1 Å². The number of aryl methyl sites for hydroxylation is 1. The quantitative estimate of drug-likeness (QED) is 0.314. The summed E-state index contributed by atoms with van der Waals surface area (Å²) in [7, 11) is 0. The smallest absolute Gasteiger partial charge is 0.308 e. The van der Waals surface area contributed by atoms with Crippen molar-refractivity contribution in [3.05, 3.63) is 59.2 Å². The van der Waals surface area contributed by atoms with Crippen LogP contribution in [0.1, 0.15) is 39.6 Å². The molecule has 3 amide bonds. The van der Waals surface area contributed by atoms with E-state index in [4.69, 9.17) is 14.2 Å². The van der Waals surface area contributed by atoms with Gasteiger partial charge in [0, 0.05) is 6.54 Å². The van der Waals surface area contributed by atoms with Crippen molar-refractivity contribution in [2.45, 2.75) is 20.3 Å². The number of ether oxygens (including phenoxy) is 3. The summed E-state index contributed by atoms with van der Waals surface area (Å²) < 4.78 is 15.8. The van der Waals surface area contributed by atoms with Crippen LogP contribution in [0.15, 0.2) is 42.5 Å². The van der Waals surface area contributed by atoms with Crippen LogP contribution in [0, 0.1) is 6.92 Å². The molecule has 33 heavy (non-hydrogen) atoms. The normalized spacial score (nSPS) is 12.4. The Morgan fingerprint density at radius 2 is 1.61 bits per heavy atom. The molecule has 1 aliphatic heterocycles. The maximum atomic E-state index is 12.4. The second-order valence-corrected chi connectivity index (χ2v) is 7.32. The maximum absolute atomic E-state index is 12.4. The third kappa shape index (κ3) is 6.31. The molecule has 1 aliphatic rings. The van der Waals surface area contributed by atoms with E-state index in [-0.39, 0.29) is 26.1 Å². The number of nitrogens with one attached hydrogen (secondary N) is 1. The third-order valence-corrected chi connectivity index (χ3v) is 4.86. The van der Waals surface area contributed by atoms with E-state index in [0.29, 0.717) is 23.5 Å². The lowest BCUT2D eigenvalue weighted by Crippen LogP contribution is -2.34. The van der Waals surface area contributed by atoms with Crippen LogP contribution in [0.3, 0.4) is 0 Å². The number of imide groups is 1. The van der Waals surface area contributed by atoms with Gasteiger partial charge < -0.3 is 19.5 Å². The summed E-state index contributed by atoms with van der Waals surface area (Å²) in [6.45, 7) is 4.23. The van der Waals surface area contributed by atoms with Crippen LogP contribution < -0.4 is 14.8 Å². The van der Waals surface area contributed by atoms with E-state index >= 15 is 0 Å². The van der Waals surface area contributed by atoms with Gasteiger partial charge >= 0.3 is 5.97 Å². The number of carbonyl (C=O) groups excluding carboxylic acids is 4. The van der Waals surface area contributed by atoms with Gasteiger partial charge in [-0.15, -0.1) is 0 Å². The van der Waals surface area contributed by atoms with E-state index in [1.54, 1.807) is 42.5 Å². The standard InChI is InChI=1S/C24H26N2O7/c1-3-31-17-5-7-18(8-6-17)32-13-11-25-21(27)15-33-22(28)10-12-26-23(29)19-9-4-16(2)14-20(19)24(26)30/h4-9,14H,3,10-13,15H2,1-2H3,(H,25,27). The zero-order chi connectivity index (χ0) is 23.8. The van der Waals surface area contributed by atoms with Gasteiger partial charge in [0.15, 0.2) is 6.61 Å². The molecule has 0 aromatic heterocycles. The fourth-order valence-electron chi connectivity index (χ4n) is 3.24. The molecule has 0 atom stereocenters. The summed E-state index contributed by atoms with van der Waals surface area (Å²) in [5.41, 5.74) is 1.53. The molecular weight excluding hydrogens is 428 g/mol. The number of esters is 1. The van der Waals surface area contributed by atoms with Gasteiger partial charge in [0.05, 0.1) is 30.7 Å². The molecular formula is C24H26N2O7. The predicted molar refractivity (Wildman–Crippen MR) is 118 cm³/mol. The van der Waals surface area contributed by atoms with Gasteiger partial charge in [0.25, 0.3) is 17.7 Å². The van der Waals surface area contributed by atoms with Crippen LogP contribution in [0.4, 0.5) is 0 Å². The molecule has 0 saturated heterocycles. The minimum atomic E-state index is -0.677. The predicted octanol–water partition coefficient (Wildman–Crippen LogP) is 2.12. The van der Waals surface area contributed by atoms with E-state index < -0.39 is 30.3 Å². The van der Waals surface area contributed by atoms with E-state index in [2.05, 4.69) is 5.32 Å². The first-order chi connectivity index (χ1) is 15.9. The number of hydrogen-bond acceptors (Lipinski definition) is 7. The van der Waals surface area contributed by atoms with Gasteiger partial charge in [-0.2, -0.15) is 0 Å². The molecule has 2 aromatic rings. The minimum Gasteiger partial charge on any atom is -0.494 e. The highest BCUT2D eigenvalue weighted by Crippen LogP contribution is 2.24. The molecule has 0 aliphatic carbocycles. The number of fused-ring (bicyclic) bond motifs is 1. The Balaban J connectivity index is 1.32. The Hall–Kier alpha value is -3.88. The van der Waals surface area contributed by atoms with Crippen molar-refractivity contribution in [1.82, 2.24) is 10.2 Å². The van der Waals surface area contributed by atoms with Crippen LogP contribution in [-0.4, -0.2) is 61.5 Å². The summed E-state index contributed by atoms with van der Waals surface area (Å²) >= 11 is 0. The molecule has 0 saturated carbocycles. The van der Waals surface area contributed by atoms with Crippen molar-refractivity contribution in [2.24, 2.45) is 0 Å². The second kappa shape index (κ2) is 11.1. The molecule has 9 nitrogen and oxygen atoms in total. The molecule has 174 valence electrons. The van der Waals surface area contributed by atoms with Crippen molar-refractivity contribution < 1.29 is 33.4 Å². The average Bonchev–Trinajstić information content (AvgIpc) is 3.04. The van der Waals surface area contributed by atoms with E-state index in [1.807, 2.05) is 13.8 Å². The molecule has 1 heterocycles. The van der Waals surface area contributed by atoms with E-state index in [9.17, 15) is 19.2 Å². The Labute approximate surface area is 191 Å². The Morgan fingerprint density at radius 1 is 0.939 bits per heavy atom. The van der Waals surface area contributed by atoms with Crippen molar-refractivity contribution in [2.75, 3.05) is 32.9 Å². The van der Waals surface area contributed by atoms with Gasteiger partial charge in [-0.05, 0) is 50.2 Å². The molecule has 1 N–H and O–H groups in total. The van der Waals surface area contributed by atoms with Crippen molar-refractivity contribution >= 4 is 23.7 Å². The van der Waals surface area contributed by atoms with Crippen molar-refractivity contribution in [3.8, 4) is 11.5 Å². The molecule has 0 unspecified atom stereocenters. The highest BCUT2D eigenvalue weighted by atomic mass is 16.5. The van der Waals surface area contributed by atoms with Crippen LogP contribution in [0.25, 0.3) is 0 Å². The Kier molecular flexibility index (Phi) is 8.01. The number of benzene rings is 2. The highest BCUT2D eigenvalue weighted by Gasteiger charge is 2.35. The van der Waals surface area contributed by atoms with Crippen molar-refractivity contribution in [3.63, 3.8) is 0 Å². The van der Waals surface area contributed by atoms with Crippen LogP contribution >= 0.6 is 0 Å². The zero-order valence-corrected chi connectivity index (χ0v) is 18.6.